The summed E-state index contributed by atoms with van der Waals surface area (Å²) in [5.74, 6) is -2.40. The van der Waals surface area contributed by atoms with Gasteiger partial charge in [0.1, 0.15) is 23.7 Å². The molecule has 1 aliphatic rings. The number of halogens is 3. The predicted molar refractivity (Wildman–Crippen MR) is 132 cm³/mol. The molecule has 5 N–H and O–H groups in total. The highest BCUT2D eigenvalue weighted by atomic mass is 19.4. The van der Waals surface area contributed by atoms with Crippen molar-refractivity contribution in [3.8, 4) is 17.3 Å². The van der Waals surface area contributed by atoms with Gasteiger partial charge in [-0.2, -0.15) is 23.5 Å². The summed E-state index contributed by atoms with van der Waals surface area (Å²) in [6.45, 7) is 1.75. The van der Waals surface area contributed by atoms with Crippen LogP contribution in [0.5, 0.6) is 0 Å². The van der Waals surface area contributed by atoms with Gasteiger partial charge in [-0.3, -0.25) is 4.79 Å². The zero-order valence-electron chi connectivity index (χ0n) is 20.0. The molecular weight excluding hydrogens is 519 g/mol. The first-order valence-electron chi connectivity index (χ1n) is 11.4. The molecule has 1 atom stereocenters. The third kappa shape index (κ3) is 6.08. The number of carboxylic acids is 1. The van der Waals surface area contributed by atoms with Crippen molar-refractivity contribution in [2.45, 2.75) is 18.6 Å². The molecule has 1 saturated heterocycles. The summed E-state index contributed by atoms with van der Waals surface area (Å²) in [5.41, 5.74) is 9.24. The zero-order chi connectivity index (χ0) is 28.2. The van der Waals surface area contributed by atoms with Crippen LogP contribution < -0.4 is 16.4 Å². The highest BCUT2D eigenvalue weighted by Gasteiger charge is 2.38. The Morgan fingerprint density at radius 1 is 1.18 bits per heavy atom. The summed E-state index contributed by atoms with van der Waals surface area (Å²) >= 11 is 0. The van der Waals surface area contributed by atoms with Gasteiger partial charge in [0.05, 0.1) is 23.1 Å². The maximum absolute atomic E-state index is 12.6. The monoisotopic (exact) mass is 539 g/mol. The number of alkyl halides is 3. The van der Waals surface area contributed by atoms with Gasteiger partial charge in [0.15, 0.2) is 5.65 Å². The number of hydrogen-bond donors (Lipinski definition) is 4. The van der Waals surface area contributed by atoms with E-state index in [4.69, 9.17) is 26.0 Å². The molecule has 3 aromatic heterocycles. The lowest BCUT2D eigenvalue weighted by Crippen LogP contribution is -2.21. The molecule has 200 valence electrons. The van der Waals surface area contributed by atoms with Crippen molar-refractivity contribution in [3.63, 3.8) is 0 Å². The number of benzene rings is 1. The summed E-state index contributed by atoms with van der Waals surface area (Å²) in [6, 6.07) is 12.4. The number of nitrogens with one attached hydrogen (secondary N) is 2. The first-order chi connectivity index (χ1) is 18.6. The summed E-state index contributed by atoms with van der Waals surface area (Å²) in [7, 11) is 0. The molecule has 0 spiro atoms. The molecule has 1 amide bonds. The summed E-state index contributed by atoms with van der Waals surface area (Å²) in [5, 5.41) is 27.7. The van der Waals surface area contributed by atoms with E-state index in [0.717, 1.165) is 25.1 Å². The largest absolute Gasteiger partial charge is 0.490 e. The fraction of sp³-hybridized carbons (Fsp3) is 0.208. The van der Waals surface area contributed by atoms with Crippen molar-refractivity contribution < 1.29 is 27.9 Å². The SMILES string of the molecule is N#Cc1ccnc(NC(=O)c2ccc(-c3nn([C@@H]4CCNC4)c4ncnc(N)c34)cc2)c1.O=C(O)C(F)(F)F. The normalized spacial score (nSPS) is 14.8. The molecule has 15 heteroatoms. The summed E-state index contributed by atoms with van der Waals surface area (Å²) in [4.78, 5) is 34.1. The van der Waals surface area contributed by atoms with Gasteiger partial charge in [-0.05, 0) is 37.2 Å². The van der Waals surface area contributed by atoms with E-state index in [1.807, 2.05) is 22.9 Å². The highest BCUT2D eigenvalue weighted by Crippen LogP contribution is 2.32. The smallest absolute Gasteiger partial charge is 0.475 e. The molecule has 0 bridgehead atoms. The standard InChI is InChI=1S/C22H19N9O.C2HF3O2/c23-10-13-5-8-26-17(9-13)29-22(32)15-3-1-14(2-4-15)19-18-20(24)27-12-28-21(18)31(30-19)16-6-7-25-11-16;3-2(4,5)1(6)7/h1-5,8-9,12,16,25H,6-7,11H2,(H2,24,27,28)(H,26,29,32);(H,6,7)/t16-;/m1./s1. The maximum Gasteiger partial charge on any atom is 0.490 e. The van der Waals surface area contributed by atoms with Crippen molar-refractivity contribution in [3.05, 3.63) is 60.0 Å². The number of nitrogen functional groups attached to an aromatic ring is 1. The van der Waals surface area contributed by atoms with Crippen LogP contribution in [0.2, 0.25) is 0 Å². The number of aliphatic carboxylic acids is 1. The number of nitrogens with zero attached hydrogens (tertiary/aromatic N) is 6. The molecule has 12 nitrogen and oxygen atoms in total. The van der Waals surface area contributed by atoms with Crippen molar-refractivity contribution in [1.82, 2.24) is 30.0 Å². The van der Waals surface area contributed by atoms with Crippen LogP contribution in [0.3, 0.4) is 0 Å². The number of carboxylic acid groups (broad SMARTS) is 1. The van der Waals surface area contributed by atoms with Crippen LogP contribution in [0, 0.1) is 11.3 Å². The van der Waals surface area contributed by atoms with E-state index in [-0.39, 0.29) is 11.9 Å². The Morgan fingerprint density at radius 3 is 2.51 bits per heavy atom. The van der Waals surface area contributed by atoms with Crippen LogP contribution in [0.1, 0.15) is 28.4 Å². The topological polar surface area (TPSA) is 185 Å². The number of fused-ring (bicyclic) bond motifs is 1. The fourth-order valence-electron chi connectivity index (χ4n) is 3.84. The Morgan fingerprint density at radius 2 is 1.90 bits per heavy atom. The zero-order valence-corrected chi connectivity index (χ0v) is 20.0. The van der Waals surface area contributed by atoms with E-state index in [0.29, 0.717) is 39.5 Å². The number of anilines is 2. The molecule has 0 radical (unpaired) electrons. The minimum atomic E-state index is -5.08. The molecule has 1 aromatic carbocycles. The van der Waals surface area contributed by atoms with Crippen LogP contribution in [0.4, 0.5) is 24.8 Å². The average molecular weight is 539 g/mol. The van der Waals surface area contributed by atoms with E-state index in [9.17, 15) is 18.0 Å². The van der Waals surface area contributed by atoms with Gasteiger partial charge >= 0.3 is 12.1 Å². The van der Waals surface area contributed by atoms with Crippen LogP contribution in [0.15, 0.2) is 48.9 Å². The minimum Gasteiger partial charge on any atom is -0.475 e. The van der Waals surface area contributed by atoms with Gasteiger partial charge in [0, 0.05) is 23.9 Å². The molecule has 1 aliphatic heterocycles. The summed E-state index contributed by atoms with van der Waals surface area (Å²) < 4.78 is 33.6. The first-order valence-corrected chi connectivity index (χ1v) is 11.4. The predicted octanol–water partition coefficient (Wildman–Crippen LogP) is 2.76. The van der Waals surface area contributed by atoms with E-state index in [2.05, 4.69) is 25.6 Å². The molecule has 1 fully saturated rings. The van der Waals surface area contributed by atoms with E-state index in [1.54, 1.807) is 18.2 Å². The second-order valence-electron chi connectivity index (χ2n) is 8.27. The van der Waals surface area contributed by atoms with Gasteiger partial charge < -0.3 is 21.5 Å². The van der Waals surface area contributed by atoms with Gasteiger partial charge in [-0.25, -0.2) is 24.4 Å². The van der Waals surface area contributed by atoms with Crippen LogP contribution in [-0.2, 0) is 4.79 Å². The third-order valence-corrected chi connectivity index (χ3v) is 5.69. The lowest BCUT2D eigenvalue weighted by Gasteiger charge is -2.09. The van der Waals surface area contributed by atoms with Gasteiger partial charge in [-0.15, -0.1) is 0 Å². The van der Waals surface area contributed by atoms with E-state index >= 15 is 0 Å². The fourth-order valence-corrected chi connectivity index (χ4v) is 3.84. The van der Waals surface area contributed by atoms with Crippen LogP contribution >= 0.6 is 0 Å². The highest BCUT2D eigenvalue weighted by molar-refractivity contribution is 6.04. The number of rotatable bonds is 4. The number of nitriles is 1. The number of amides is 1. The lowest BCUT2D eigenvalue weighted by molar-refractivity contribution is -0.192. The van der Waals surface area contributed by atoms with Gasteiger partial charge in [0.2, 0.25) is 0 Å². The summed E-state index contributed by atoms with van der Waals surface area (Å²) in [6.07, 6.45) is -1.20. The molecule has 0 unspecified atom stereocenters. The number of hydrogen-bond acceptors (Lipinski definition) is 9. The third-order valence-electron chi connectivity index (χ3n) is 5.69. The number of carbonyl (C=O) groups excluding carboxylic acids is 1. The van der Waals surface area contributed by atoms with E-state index < -0.39 is 12.1 Å². The number of aromatic nitrogens is 5. The Kier molecular flexibility index (Phi) is 7.68. The molecule has 4 heterocycles. The number of nitrogens with two attached hydrogens (primary N) is 1. The van der Waals surface area contributed by atoms with Crippen LogP contribution in [-0.4, -0.2) is 61.0 Å². The lowest BCUT2D eigenvalue weighted by atomic mass is 10.1. The van der Waals surface area contributed by atoms with Gasteiger partial charge in [0.25, 0.3) is 5.91 Å². The van der Waals surface area contributed by atoms with Crippen molar-refractivity contribution >= 4 is 34.5 Å². The molecule has 0 aliphatic carbocycles. The molecular formula is C24H20F3N9O3. The minimum absolute atomic E-state index is 0.197. The molecule has 4 aromatic rings. The van der Waals surface area contributed by atoms with Crippen molar-refractivity contribution in [1.29, 1.82) is 5.26 Å². The second-order valence-corrected chi connectivity index (χ2v) is 8.27. The second kappa shape index (κ2) is 11.1. The van der Waals surface area contributed by atoms with E-state index in [1.165, 1.54) is 18.6 Å². The van der Waals surface area contributed by atoms with Gasteiger partial charge in [-0.1, -0.05) is 12.1 Å². The number of carbonyl (C=O) groups is 2. The van der Waals surface area contributed by atoms with Crippen molar-refractivity contribution in [2.24, 2.45) is 0 Å². The number of pyridine rings is 1. The molecule has 0 saturated carbocycles. The molecule has 39 heavy (non-hydrogen) atoms. The Hall–Kier alpha value is -5.10. The van der Waals surface area contributed by atoms with Crippen molar-refractivity contribution in [2.75, 3.05) is 24.1 Å². The average Bonchev–Trinajstić information content (AvgIpc) is 3.58. The maximum atomic E-state index is 12.6. The molecule has 5 rings (SSSR count). The Balaban J connectivity index is 0.000000448. The first kappa shape index (κ1) is 26.9. The van der Waals surface area contributed by atoms with Crippen LogP contribution in [0.25, 0.3) is 22.3 Å². The quantitative estimate of drug-likeness (QED) is 0.301. The Labute approximate surface area is 218 Å². The Bertz CT molecular complexity index is 1560.